The number of likely N-dealkylation sites (tertiary alicyclic amines) is 1. The Morgan fingerprint density at radius 3 is 2.43 bits per heavy atom. The molecule has 5 nitrogen and oxygen atoms in total. The van der Waals surface area contributed by atoms with Crippen LogP contribution in [0.3, 0.4) is 0 Å². The maximum atomic E-state index is 12.2. The Bertz CT molecular complexity index is 843. The maximum Gasteiger partial charge on any atom is 0.243 e. The minimum atomic E-state index is -0.198. The van der Waals surface area contributed by atoms with Crippen molar-refractivity contribution in [2.45, 2.75) is 39.5 Å². The summed E-state index contributed by atoms with van der Waals surface area (Å²) in [5, 5.41) is 5.63. The van der Waals surface area contributed by atoms with Crippen molar-refractivity contribution in [1.82, 2.24) is 10.2 Å². The fourth-order valence-corrected chi connectivity index (χ4v) is 3.97. The molecule has 1 aliphatic rings. The summed E-state index contributed by atoms with van der Waals surface area (Å²) in [6.07, 6.45) is 4.60. The third-order valence-electron chi connectivity index (χ3n) is 6.08. The van der Waals surface area contributed by atoms with Gasteiger partial charge in [0, 0.05) is 5.69 Å². The van der Waals surface area contributed by atoms with Crippen LogP contribution in [0.4, 0.5) is 5.69 Å². The summed E-state index contributed by atoms with van der Waals surface area (Å²) in [5.74, 6) is 0.443. The molecule has 0 aliphatic carbocycles. The number of benzene rings is 2. The maximum absolute atomic E-state index is 12.2. The summed E-state index contributed by atoms with van der Waals surface area (Å²) in [5.41, 5.74) is 4.38. The first-order valence-electron chi connectivity index (χ1n) is 10.9. The molecule has 3 rings (SSSR count). The van der Waals surface area contributed by atoms with Gasteiger partial charge in [0.1, 0.15) is 0 Å². The van der Waals surface area contributed by atoms with Gasteiger partial charge in [0.2, 0.25) is 11.8 Å². The highest BCUT2D eigenvalue weighted by molar-refractivity contribution is 5.95. The molecule has 0 saturated carbocycles. The Morgan fingerprint density at radius 1 is 0.967 bits per heavy atom. The van der Waals surface area contributed by atoms with Gasteiger partial charge in [-0.1, -0.05) is 42.5 Å². The number of aryl methyl sites for hydroxylation is 2. The normalized spacial score (nSPS) is 15.0. The molecule has 1 saturated heterocycles. The van der Waals surface area contributed by atoms with Crippen molar-refractivity contribution in [2.75, 3.05) is 31.5 Å². The van der Waals surface area contributed by atoms with Gasteiger partial charge in [-0.25, -0.2) is 0 Å². The number of carbonyl (C=O) groups is 2. The first-order valence-corrected chi connectivity index (χ1v) is 10.9. The van der Waals surface area contributed by atoms with Gasteiger partial charge in [-0.2, -0.15) is 0 Å². The molecule has 0 spiro atoms. The van der Waals surface area contributed by atoms with Gasteiger partial charge in [0.15, 0.2) is 0 Å². The monoisotopic (exact) mass is 407 g/mol. The van der Waals surface area contributed by atoms with Crippen LogP contribution in [0.2, 0.25) is 0 Å². The molecule has 0 unspecified atom stereocenters. The molecule has 2 N–H and O–H groups in total. The third-order valence-corrected chi connectivity index (χ3v) is 6.08. The minimum absolute atomic E-state index is 0.000242. The molecule has 30 heavy (non-hydrogen) atoms. The van der Waals surface area contributed by atoms with Crippen LogP contribution < -0.4 is 10.6 Å². The van der Waals surface area contributed by atoms with Gasteiger partial charge in [0.05, 0.1) is 13.1 Å². The molecule has 0 bridgehead atoms. The van der Waals surface area contributed by atoms with Gasteiger partial charge in [-0.05, 0) is 81.3 Å². The number of carbonyl (C=O) groups excluding carboxylic acids is 2. The second-order valence-electron chi connectivity index (χ2n) is 8.32. The van der Waals surface area contributed by atoms with Gasteiger partial charge in [-0.3, -0.25) is 14.5 Å². The summed E-state index contributed by atoms with van der Waals surface area (Å²) in [4.78, 5) is 26.6. The predicted molar refractivity (Wildman–Crippen MR) is 121 cm³/mol. The highest BCUT2D eigenvalue weighted by Crippen LogP contribution is 2.22. The number of nitrogens with one attached hydrogen (secondary N) is 2. The molecule has 160 valence electrons. The molecule has 2 aromatic rings. The molecule has 2 amide bonds. The van der Waals surface area contributed by atoms with Crippen LogP contribution in [-0.4, -0.2) is 42.9 Å². The van der Waals surface area contributed by atoms with E-state index in [2.05, 4.69) is 45.9 Å². The van der Waals surface area contributed by atoms with Crippen LogP contribution in [0.15, 0.2) is 48.5 Å². The summed E-state index contributed by atoms with van der Waals surface area (Å²) in [6.45, 7) is 6.25. The summed E-state index contributed by atoms with van der Waals surface area (Å²) >= 11 is 0. The quantitative estimate of drug-likeness (QED) is 0.701. The Labute approximate surface area is 179 Å². The standard InChI is InChI=1S/C25H33N3O2/c1-19-7-6-10-23(20(19)2)27-24(29)17-26-25(30)18-28-15-13-22(14-16-28)12-11-21-8-4-3-5-9-21/h3-10,22H,11-18H2,1-2H3,(H,26,30)(H,27,29). The molecular weight excluding hydrogens is 374 g/mol. The average molecular weight is 408 g/mol. The van der Waals surface area contributed by atoms with E-state index in [0.717, 1.165) is 55.1 Å². The Kier molecular flexibility index (Phi) is 8.03. The number of piperidine rings is 1. The molecule has 5 heteroatoms. The third kappa shape index (κ3) is 6.70. The van der Waals surface area contributed by atoms with Gasteiger partial charge < -0.3 is 10.6 Å². The lowest BCUT2D eigenvalue weighted by atomic mass is 9.90. The zero-order valence-electron chi connectivity index (χ0n) is 18.1. The molecular formula is C25H33N3O2. The molecule has 1 fully saturated rings. The van der Waals surface area contributed by atoms with E-state index < -0.39 is 0 Å². The summed E-state index contributed by atoms with van der Waals surface area (Å²) in [7, 11) is 0. The van der Waals surface area contributed by atoms with Crippen LogP contribution in [0, 0.1) is 19.8 Å². The van der Waals surface area contributed by atoms with E-state index in [1.165, 1.54) is 12.0 Å². The lowest BCUT2D eigenvalue weighted by Crippen LogP contribution is -2.43. The van der Waals surface area contributed by atoms with Crippen LogP contribution >= 0.6 is 0 Å². The van der Waals surface area contributed by atoms with Gasteiger partial charge >= 0.3 is 0 Å². The fourth-order valence-electron chi connectivity index (χ4n) is 3.97. The molecule has 0 atom stereocenters. The first-order chi connectivity index (χ1) is 14.5. The Balaban J connectivity index is 1.32. The van der Waals surface area contributed by atoms with E-state index in [1.54, 1.807) is 0 Å². The SMILES string of the molecule is Cc1cccc(NC(=O)CNC(=O)CN2CCC(CCc3ccccc3)CC2)c1C. The van der Waals surface area contributed by atoms with Crippen LogP contribution in [-0.2, 0) is 16.0 Å². The Hall–Kier alpha value is -2.66. The molecule has 1 heterocycles. The smallest absolute Gasteiger partial charge is 0.243 e. The molecule has 0 radical (unpaired) electrons. The zero-order chi connectivity index (χ0) is 21.3. The zero-order valence-corrected chi connectivity index (χ0v) is 18.1. The number of anilines is 1. The summed E-state index contributed by atoms with van der Waals surface area (Å²) < 4.78 is 0. The number of amides is 2. The van der Waals surface area contributed by atoms with Gasteiger partial charge in [-0.15, -0.1) is 0 Å². The van der Waals surface area contributed by atoms with E-state index in [-0.39, 0.29) is 18.4 Å². The van der Waals surface area contributed by atoms with Crippen molar-refractivity contribution in [2.24, 2.45) is 5.92 Å². The number of nitrogens with zero attached hydrogens (tertiary/aromatic N) is 1. The molecule has 2 aromatic carbocycles. The van der Waals surface area contributed by atoms with Crippen molar-refractivity contribution >= 4 is 17.5 Å². The van der Waals surface area contributed by atoms with Crippen LogP contribution in [0.1, 0.15) is 36.0 Å². The van der Waals surface area contributed by atoms with Gasteiger partial charge in [0.25, 0.3) is 0 Å². The first kappa shape index (κ1) is 22.0. The minimum Gasteiger partial charge on any atom is -0.346 e. The lowest BCUT2D eigenvalue weighted by Gasteiger charge is -2.31. The predicted octanol–water partition coefficient (Wildman–Crippen LogP) is 3.70. The largest absolute Gasteiger partial charge is 0.346 e. The molecule has 0 aromatic heterocycles. The van der Waals surface area contributed by atoms with E-state index in [4.69, 9.17) is 0 Å². The molecule has 1 aliphatic heterocycles. The number of hydrogen-bond acceptors (Lipinski definition) is 3. The van der Waals surface area contributed by atoms with Crippen LogP contribution in [0.25, 0.3) is 0 Å². The second-order valence-corrected chi connectivity index (χ2v) is 8.32. The topological polar surface area (TPSA) is 61.4 Å². The highest BCUT2D eigenvalue weighted by Gasteiger charge is 2.21. The average Bonchev–Trinajstić information content (AvgIpc) is 2.76. The van der Waals surface area contributed by atoms with E-state index in [1.807, 2.05) is 32.0 Å². The van der Waals surface area contributed by atoms with Crippen molar-refractivity contribution in [3.05, 3.63) is 65.2 Å². The van der Waals surface area contributed by atoms with E-state index in [9.17, 15) is 9.59 Å². The van der Waals surface area contributed by atoms with Crippen molar-refractivity contribution in [3.8, 4) is 0 Å². The fraction of sp³-hybridized carbons (Fsp3) is 0.440. The van der Waals surface area contributed by atoms with Crippen molar-refractivity contribution in [3.63, 3.8) is 0 Å². The van der Waals surface area contributed by atoms with Crippen molar-refractivity contribution in [1.29, 1.82) is 0 Å². The van der Waals surface area contributed by atoms with E-state index in [0.29, 0.717) is 6.54 Å². The lowest BCUT2D eigenvalue weighted by molar-refractivity contribution is -0.125. The summed E-state index contributed by atoms with van der Waals surface area (Å²) in [6, 6.07) is 16.4. The van der Waals surface area contributed by atoms with Crippen molar-refractivity contribution < 1.29 is 9.59 Å². The highest BCUT2D eigenvalue weighted by atomic mass is 16.2. The van der Waals surface area contributed by atoms with E-state index >= 15 is 0 Å². The number of hydrogen-bond donors (Lipinski definition) is 2. The second kappa shape index (κ2) is 10.9. The Morgan fingerprint density at radius 2 is 1.70 bits per heavy atom. The van der Waals surface area contributed by atoms with Crippen LogP contribution in [0.5, 0.6) is 0 Å². The number of rotatable bonds is 8.